The van der Waals surface area contributed by atoms with Crippen LogP contribution in [0, 0.1) is 11.8 Å². The molecular weight excluding hydrogens is 314 g/mol. The van der Waals surface area contributed by atoms with Crippen molar-refractivity contribution in [3.05, 3.63) is 64.4 Å². The maximum absolute atomic E-state index is 10.7. The van der Waals surface area contributed by atoms with E-state index in [1.165, 1.54) is 0 Å². The van der Waals surface area contributed by atoms with Crippen molar-refractivity contribution in [1.82, 2.24) is 15.0 Å². The molecule has 0 saturated heterocycles. The summed E-state index contributed by atoms with van der Waals surface area (Å²) in [6.07, 6.45) is 3.39. The Morgan fingerprint density at radius 3 is 2.78 bits per heavy atom. The predicted octanol–water partition coefficient (Wildman–Crippen LogP) is 4.64. The normalized spacial score (nSPS) is 10.3. The van der Waals surface area contributed by atoms with Gasteiger partial charge >= 0.3 is 0 Å². The topological polar surface area (TPSA) is 80.1 Å². The summed E-state index contributed by atoms with van der Waals surface area (Å²) in [5.74, 6) is 0.336. The Bertz CT molecular complexity index is 854. The van der Waals surface area contributed by atoms with E-state index in [9.17, 15) is 4.91 Å². The van der Waals surface area contributed by atoms with Crippen LogP contribution >= 0.6 is 11.6 Å². The molecule has 1 aromatic carbocycles. The molecule has 0 aliphatic heterocycles. The number of pyridine rings is 1. The van der Waals surface area contributed by atoms with Crippen LogP contribution in [0.2, 0.25) is 5.15 Å². The first-order chi connectivity index (χ1) is 11.2. The quantitative estimate of drug-likeness (QED) is 0.558. The minimum Gasteiger partial charge on any atom is -0.324 e. The Morgan fingerprint density at radius 2 is 2.04 bits per heavy atom. The van der Waals surface area contributed by atoms with Crippen molar-refractivity contribution < 1.29 is 0 Å². The van der Waals surface area contributed by atoms with Crippen LogP contribution in [0.1, 0.15) is 5.56 Å². The highest BCUT2D eigenvalue weighted by Gasteiger charge is 2.08. The van der Waals surface area contributed by atoms with Crippen molar-refractivity contribution in [3.8, 4) is 11.3 Å². The summed E-state index contributed by atoms with van der Waals surface area (Å²) in [6, 6.07) is 10.5. The van der Waals surface area contributed by atoms with Crippen LogP contribution in [-0.4, -0.2) is 15.0 Å². The average molecular weight is 326 g/mol. The molecule has 0 atom stereocenters. The van der Waals surface area contributed by atoms with E-state index in [4.69, 9.17) is 11.6 Å². The number of nitrogens with zero attached hydrogens (tertiary/aromatic N) is 4. The van der Waals surface area contributed by atoms with Crippen molar-refractivity contribution in [2.24, 2.45) is 5.18 Å². The SMILES string of the molecule is Cc1ccc(N=O)cc1Nc1nc(Cl)cc(-c2cccnc2)n1. The summed E-state index contributed by atoms with van der Waals surface area (Å²) in [5.41, 5.74) is 3.45. The Kier molecular flexibility index (Phi) is 4.25. The van der Waals surface area contributed by atoms with E-state index in [1.807, 2.05) is 19.1 Å². The first kappa shape index (κ1) is 15.1. The number of aromatic nitrogens is 3. The molecule has 0 spiro atoms. The van der Waals surface area contributed by atoms with E-state index in [-0.39, 0.29) is 0 Å². The van der Waals surface area contributed by atoms with Gasteiger partial charge in [0, 0.05) is 29.7 Å². The Balaban J connectivity index is 1.98. The predicted molar refractivity (Wildman–Crippen MR) is 90.2 cm³/mol. The Hall–Kier alpha value is -2.86. The monoisotopic (exact) mass is 325 g/mol. The molecule has 0 bridgehead atoms. The number of hydrogen-bond acceptors (Lipinski definition) is 6. The molecule has 114 valence electrons. The molecule has 1 N–H and O–H groups in total. The molecule has 0 unspecified atom stereocenters. The van der Waals surface area contributed by atoms with Gasteiger partial charge in [-0.15, -0.1) is 4.91 Å². The lowest BCUT2D eigenvalue weighted by molar-refractivity contribution is 1.16. The minimum atomic E-state index is 0.309. The molecule has 2 heterocycles. The summed E-state index contributed by atoms with van der Waals surface area (Å²) in [4.78, 5) is 23.4. The van der Waals surface area contributed by atoms with E-state index in [2.05, 4.69) is 25.4 Å². The average Bonchev–Trinajstić information content (AvgIpc) is 2.57. The second kappa shape index (κ2) is 6.50. The number of hydrogen-bond donors (Lipinski definition) is 1. The maximum Gasteiger partial charge on any atom is 0.229 e. The molecule has 2 aromatic heterocycles. The number of nitroso groups, excluding NO2 is 1. The molecule has 0 aliphatic rings. The van der Waals surface area contributed by atoms with Crippen LogP contribution in [0.4, 0.5) is 17.3 Å². The highest BCUT2D eigenvalue weighted by atomic mass is 35.5. The summed E-state index contributed by atoms with van der Waals surface area (Å²) >= 11 is 6.08. The van der Waals surface area contributed by atoms with Crippen molar-refractivity contribution in [2.75, 3.05) is 5.32 Å². The molecule has 6 nitrogen and oxygen atoms in total. The number of rotatable bonds is 4. The first-order valence-corrected chi connectivity index (χ1v) is 7.19. The summed E-state index contributed by atoms with van der Waals surface area (Å²) < 4.78 is 0. The first-order valence-electron chi connectivity index (χ1n) is 6.82. The maximum atomic E-state index is 10.7. The van der Waals surface area contributed by atoms with Gasteiger partial charge in [-0.05, 0) is 41.9 Å². The van der Waals surface area contributed by atoms with Crippen LogP contribution in [0.25, 0.3) is 11.3 Å². The van der Waals surface area contributed by atoms with Crippen molar-refractivity contribution >= 4 is 28.9 Å². The fourth-order valence-electron chi connectivity index (χ4n) is 2.06. The third kappa shape index (κ3) is 3.49. The fraction of sp³-hybridized carbons (Fsp3) is 0.0625. The van der Waals surface area contributed by atoms with Crippen LogP contribution in [0.5, 0.6) is 0 Å². The summed E-state index contributed by atoms with van der Waals surface area (Å²) in [7, 11) is 0. The number of halogens is 1. The van der Waals surface area contributed by atoms with Gasteiger partial charge in [0.15, 0.2) is 0 Å². The molecule has 0 amide bonds. The molecular formula is C16H12ClN5O. The van der Waals surface area contributed by atoms with E-state index in [0.717, 1.165) is 11.1 Å². The van der Waals surface area contributed by atoms with Gasteiger partial charge < -0.3 is 5.32 Å². The van der Waals surface area contributed by atoms with Crippen molar-refractivity contribution in [2.45, 2.75) is 6.92 Å². The fourth-order valence-corrected chi connectivity index (χ4v) is 2.24. The van der Waals surface area contributed by atoms with Gasteiger partial charge in [0.25, 0.3) is 0 Å². The van der Waals surface area contributed by atoms with Crippen LogP contribution in [-0.2, 0) is 0 Å². The van der Waals surface area contributed by atoms with Gasteiger partial charge in [-0.1, -0.05) is 17.7 Å². The third-order valence-corrected chi connectivity index (χ3v) is 3.42. The largest absolute Gasteiger partial charge is 0.324 e. The lowest BCUT2D eigenvalue weighted by Gasteiger charge is -2.10. The molecule has 0 fully saturated rings. The van der Waals surface area contributed by atoms with Crippen LogP contribution in [0.3, 0.4) is 0 Å². The zero-order valence-corrected chi connectivity index (χ0v) is 12.9. The van der Waals surface area contributed by atoms with Gasteiger partial charge in [-0.25, -0.2) is 9.97 Å². The number of nitrogens with one attached hydrogen (secondary N) is 1. The molecule has 0 saturated carbocycles. The molecule has 7 heteroatoms. The van der Waals surface area contributed by atoms with Gasteiger partial charge in [0.05, 0.1) is 5.69 Å². The number of benzene rings is 1. The smallest absolute Gasteiger partial charge is 0.229 e. The summed E-state index contributed by atoms with van der Waals surface area (Å²) in [6.45, 7) is 1.91. The standard InChI is InChI=1S/C16H12ClN5O/c1-10-4-5-12(22-23)7-13(10)19-16-20-14(8-15(17)21-16)11-3-2-6-18-9-11/h2-9H,1H3,(H,19,20,21). The highest BCUT2D eigenvalue weighted by Crippen LogP contribution is 2.26. The molecule has 0 radical (unpaired) electrons. The second-order valence-corrected chi connectivity index (χ2v) is 5.24. The Labute approximate surface area is 137 Å². The number of anilines is 2. The van der Waals surface area contributed by atoms with Crippen LogP contribution < -0.4 is 5.32 Å². The third-order valence-electron chi connectivity index (χ3n) is 3.23. The van der Waals surface area contributed by atoms with Gasteiger partial charge in [-0.3, -0.25) is 4.98 Å². The van der Waals surface area contributed by atoms with Crippen LogP contribution in [0.15, 0.2) is 54.0 Å². The summed E-state index contributed by atoms with van der Waals surface area (Å²) in [5, 5.41) is 6.31. The van der Waals surface area contributed by atoms with Gasteiger partial charge in [0.2, 0.25) is 5.95 Å². The van der Waals surface area contributed by atoms with E-state index >= 15 is 0 Å². The second-order valence-electron chi connectivity index (χ2n) is 4.86. The molecule has 23 heavy (non-hydrogen) atoms. The Morgan fingerprint density at radius 1 is 1.17 bits per heavy atom. The highest BCUT2D eigenvalue weighted by molar-refractivity contribution is 6.29. The van der Waals surface area contributed by atoms with Gasteiger partial charge in [-0.2, -0.15) is 0 Å². The van der Waals surface area contributed by atoms with Crippen molar-refractivity contribution in [3.63, 3.8) is 0 Å². The van der Waals surface area contributed by atoms with E-state index in [1.54, 1.807) is 36.7 Å². The molecule has 0 aliphatic carbocycles. The van der Waals surface area contributed by atoms with Crippen molar-refractivity contribution in [1.29, 1.82) is 0 Å². The lowest BCUT2D eigenvalue weighted by atomic mass is 10.2. The number of aryl methyl sites for hydroxylation is 1. The molecule has 3 aromatic rings. The van der Waals surface area contributed by atoms with E-state index in [0.29, 0.717) is 28.2 Å². The lowest BCUT2D eigenvalue weighted by Crippen LogP contribution is -2.00. The van der Waals surface area contributed by atoms with Gasteiger partial charge in [0.1, 0.15) is 10.8 Å². The van der Waals surface area contributed by atoms with E-state index < -0.39 is 0 Å². The zero-order chi connectivity index (χ0) is 16.2. The minimum absolute atomic E-state index is 0.309. The molecule has 3 rings (SSSR count). The zero-order valence-electron chi connectivity index (χ0n) is 12.2.